The lowest BCUT2D eigenvalue weighted by Gasteiger charge is -2.11. The van der Waals surface area contributed by atoms with Crippen LogP contribution in [0.2, 0.25) is 0 Å². The number of hydrogen-bond donors (Lipinski definition) is 2. The van der Waals surface area contributed by atoms with Gasteiger partial charge in [0.05, 0.1) is 4.47 Å². The Hall–Kier alpha value is -0.940. The molecule has 0 bridgehead atoms. The maximum atomic E-state index is 13.0. The van der Waals surface area contributed by atoms with Gasteiger partial charge in [-0.25, -0.2) is 4.39 Å². The van der Waals surface area contributed by atoms with Gasteiger partial charge in [0.2, 0.25) is 5.91 Å². The number of benzene rings is 1. The third-order valence-electron chi connectivity index (χ3n) is 3.03. The van der Waals surface area contributed by atoms with Gasteiger partial charge in [0.1, 0.15) is 5.82 Å². The van der Waals surface area contributed by atoms with E-state index in [-0.39, 0.29) is 23.7 Å². The van der Waals surface area contributed by atoms with E-state index in [4.69, 9.17) is 5.73 Å². The van der Waals surface area contributed by atoms with E-state index in [1.165, 1.54) is 6.07 Å². The molecule has 92 valence electrons. The number of amides is 1. The molecule has 1 aliphatic carbocycles. The molecule has 0 aromatic heterocycles. The van der Waals surface area contributed by atoms with E-state index in [2.05, 4.69) is 21.2 Å². The summed E-state index contributed by atoms with van der Waals surface area (Å²) in [5.74, 6) is -0.392. The molecule has 3 N–H and O–H groups in total. The fourth-order valence-corrected chi connectivity index (χ4v) is 2.45. The van der Waals surface area contributed by atoms with Gasteiger partial charge in [-0.05, 0) is 53.4 Å². The molecular formula is C12H14BrFN2O. The Morgan fingerprint density at radius 2 is 2.24 bits per heavy atom. The van der Waals surface area contributed by atoms with Crippen LogP contribution in [0.5, 0.6) is 0 Å². The van der Waals surface area contributed by atoms with Crippen LogP contribution in [0.15, 0.2) is 22.7 Å². The number of carbonyl (C=O) groups is 1. The summed E-state index contributed by atoms with van der Waals surface area (Å²) in [6.07, 6.45) is 2.45. The maximum absolute atomic E-state index is 13.0. The smallest absolute Gasteiger partial charge is 0.227 e. The van der Waals surface area contributed by atoms with Crippen LogP contribution in [0.25, 0.3) is 0 Å². The van der Waals surface area contributed by atoms with Gasteiger partial charge in [0, 0.05) is 17.6 Å². The minimum Gasteiger partial charge on any atom is -0.328 e. The molecule has 1 aromatic rings. The Morgan fingerprint density at radius 3 is 2.82 bits per heavy atom. The summed E-state index contributed by atoms with van der Waals surface area (Å²) < 4.78 is 13.4. The third-order valence-corrected chi connectivity index (χ3v) is 3.64. The first-order valence-electron chi connectivity index (χ1n) is 5.58. The molecule has 1 amide bonds. The lowest BCUT2D eigenvalue weighted by Crippen LogP contribution is -2.23. The first-order chi connectivity index (χ1) is 8.06. The van der Waals surface area contributed by atoms with Crippen molar-refractivity contribution in [1.29, 1.82) is 0 Å². The second kappa shape index (κ2) is 5.14. The summed E-state index contributed by atoms with van der Waals surface area (Å²) >= 11 is 3.08. The van der Waals surface area contributed by atoms with Crippen molar-refractivity contribution >= 4 is 27.5 Å². The average Bonchev–Trinajstić information content (AvgIpc) is 2.70. The number of nitrogens with one attached hydrogen (secondary N) is 1. The van der Waals surface area contributed by atoms with Gasteiger partial charge in [0.25, 0.3) is 0 Å². The van der Waals surface area contributed by atoms with E-state index >= 15 is 0 Å². The van der Waals surface area contributed by atoms with E-state index in [1.807, 2.05) is 0 Å². The molecule has 1 aliphatic rings. The minimum absolute atomic E-state index is 0.0196. The van der Waals surface area contributed by atoms with Gasteiger partial charge in [0.15, 0.2) is 0 Å². The van der Waals surface area contributed by atoms with Crippen LogP contribution < -0.4 is 11.1 Å². The number of anilines is 1. The van der Waals surface area contributed by atoms with Crippen molar-refractivity contribution in [2.75, 3.05) is 5.32 Å². The quantitative estimate of drug-likeness (QED) is 0.882. The topological polar surface area (TPSA) is 55.1 Å². The number of halogens is 2. The number of nitrogens with two attached hydrogens (primary N) is 1. The largest absolute Gasteiger partial charge is 0.328 e. The summed E-state index contributed by atoms with van der Waals surface area (Å²) in [5.41, 5.74) is 6.36. The summed E-state index contributed by atoms with van der Waals surface area (Å²) in [6.45, 7) is 0. The van der Waals surface area contributed by atoms with Gasteiger partial charge in [-0.15, -0.1) is 0 Å². The number of rotatable bonds is 2. The fourth-order valence-electron chi connectivity index (χ4n) is 2.07. The van der Waals surface area contributed by atoms with Crippen molar-refractivity contribution < 1.29 is 9.18 Å². The lowest BCUT2D eigenvalue weighted by atomic mass is 10.1. The monoisotopic (exact) mass is 300 g/mol. The molecule has 0 saturated heterocycles. The van der Waals surface area contributed by atoms with Crippen molar-refractivity contribution in [2.45, 2.75) is 25.3 Å². The highest BCUT2D eigenvalue weighted by Gasteiger charge is 2.27. The molecule has 5 heteroatoms. The van der Waals surface area contributed by atoms with E-state index in [0.717, 1.165) is 19.3 Å². The summed E-state index contributed by atoms with van der Waals surface area (Å²) in [4.78, 5) is 11.9. The molecular weight excluding hydrogens is 287 g/mol. The van der Waals surface area contributed by atoms with Crippen LogP contribution in [-0.2, 0) is 4.79 Å². The molecule has 2 rings (SSSR count). The Morgan fingerprint density at radius 1 is 1.47 bits per heavy atom. The molecule has 0 heterocycles. The van der Waals surface area contributed by atoms with Crippen LogP contribution in [0.1, 0.15) is 19.3 Å². The van der Waals surface area contributed by atoms with Crippen LogP contribution in [-0.4, -0.2) is 11.9 Å². The summed E-state index contributed by atoms with van der Waals surface area (Å²) in [6, 6.07) is 4.56. The van der Waals surface area contributed by atoms with Crippen molar-refractivity contribution in [3.05, 3.63) is 28.5 Å². The Labute approximate surface area is 108 Å². The summed E-state index contributed by atoms with van der Waals surface area (Å²) in [7, 11) is 0. The molecule has 1 aromatic carbocycles. The highest BCUT2D eigenvalue weighted by atomic mass is 79.9. The fraction of sp³-hybridized carbons (Fsp3) is 0.417. The van der Waals surface area contributed by atoms with Crippen molar-refractivity contribution in [3.63, 3.8) is 0 Å². The molecule has 0 aliphatic heterocycles. The zero-order valence-corrected chi connectivity index (χ0v) is 10.8. The first-order valence-corrected chi connectivity index (χ1v) is 6.37. The SMILES string of the molecule is NC1CCC(C(=O)Nc2ccc(F)c(Br)c2)C1. The van der Waals surface area contributed by atoms with Crippen LogP contribution in [0, 0.1) is 11.7 Å². The normalized spacial score (nSPS) is 23.7. The van der Waals surface area contributed by atoms with Crippen LogP contribution >= 0.6 is 15.9 Å². The van der Waals surface area contributed by atoms with Crippen LogP contribution in [0.4, 0.5) is 10.1 Å². The summed E-state index contributed by atoms with van der Waals surface area (Å²) in [5, 5.41) is 2.78. The van der Waals surface area contributed by atoms with Gasteiger partial charge >= 0.3 is 0 Å². The highest BCUT2D eigenvalue weighted by molar-refractivity contribution is 9.10. The van der Waals surface area contributed by atoms with Crippen LogP contribution in [0.3, 0.4) is 0 Å². The van der Waals surface area contributed by atoms with E-state index in [9.17, 15) is 9.18 Å². The molecule has 3 nitrogen and oxygen atoms in total. The van der Waals surface area contributed by atoms with Gasteiger partial charge in [-0.2, -0.15) is 0 Å². The Kier molecular flexibility index (Phi) is 3.79. The van der Waals surface area contributed by atoms with Gasteiger partial charge in [-0.1, -0.05) is 0 Å². The zero-order valence-electron chi connectivity index (χ0n) is 9.25. The van der Waals surface area contributed by atoms with E-state index in [1.54, 1.807) is 12.1 Å². The molecule has 17 heavy (non-hydrogen) atoms. The van der Waals surface area contributed by atoms with Crippen molar-refractivity contribution in [3.8, 4) is 0 Å². The third kappa shape index (κ3) is 3.04. The first kappa shape index (κ1) is 12.5. The number of carbonyl (C=O) groups excluding carboxylic acids is 1. The second-order valence-corrected chi connectivity index (χ2v) is 5.24. The Bertz CT molecular complexity index is 439. The van der Waals surface area contributed by atoms with Gasteiger partial charge in [-0.3, -0.25) is 4.79 Å². The second-order valence-electron chi connectivity index (χ2n) is 4.39. The molecule has 1 saturated carbocycles. The number of hydrogen-bond acceptors (Lipinski definition) is 2. The van der Waals surface area contributed by atoms with E-state index < -0.39 is 0 Å². The predicted octanol–water partition coefficient (Wildman–Crippen LogP) is 2.65. The van der Waals surface area contributed by atoms with E-state index in [0.29, 0.717) is 10.2 Å². The zero-order chi connectivity index (χ0) is 12.4. The maximum Gasteiger partial charge on any atom is 0.227 e. The van der Waals surface area contributed by atoms with Crippen molar-refractivity contribution in [1.82, 2.24) is 0 Å². The molecule has 1 fully saturated rings. The lowest BCUT2D eigenvalue weighted by molar-refractivity contribution is -0.119. The van der Waals surface area contributed by atoms with Gasteiger partial charge < -0.3 is 11.1 Å². The average molecular weight is 301 g/mol. The minimum atomic E-state index is -0.342. The molecule has 2 unspecified atom stereocenters. The molecule has 0 radical (unpaired) electrons. The highest BCUT2D eigenvalue weighted by Crippen LogP contribution is 2.26. The van der Waals surface area contributed by atoms with Crippen molar-refractivity contribution in [2.24, 2.45) is 11.7 Å². The molecule has 2 atom stereocenters. The predicted molar refractivity (Wildman–Crippen MR) is 68.0 cm³/mol. The molecule has 0 spiro atoms. The Balaban J connectivity index is 2.00. The standard InChI is InChI=1S/C12H14BrFN2O/c13-10-6-9(3-4-11(10)14)16-12(17)7-1-2-8(15)5-7/h3-4,6-8H,1-2,5,15H2,(H,16,17).